The minimum absolute atomic E-state index is 0.0161. The first-order valence-electron chi connectivity index (χ1n) is 8.73. The van der Waals surface area contributed by atoms with Crippen LogP contribution in [0.4, 0.5) is 0 Å². The van der Waals surface area contributed by atoms with E-state index in [2.05, 4.69) is 30.9 Å². The van der Waals surface area contributed by atoms with Crippen LogP contribution in [0, 0.1) is 5.41 Å². The molecule has 0 atom stereocenters. The lowest BCUT2D eigenvalue weighted by atomic mass is 9.83. The van der Waals surface area contributed by atoms with Gasteiger partial charge in [-0.25, -0.2) is 0 Å². The average molecular weight is 314 g/mol. The van der Waals surface area contributed by atoms with E-state index in [4.69, 9.17) is 0 Å². The van der Waals surface area contributed by atoms with E-state index in [1.807, 2.05) is 12.1 Å². The van der Waals surface area contributed by atoms with Crippen LogP contribution in [0.15, 0.2) is 24.3 Å². The zero-order valence-corrected chi connectivity index (χ0v) is 14.2. The zero-order valence-electron chi connectivity index (χ0n) is 14.2. The van der Waals surface area contributed by atoms with Crippen LogP contribution in [-0.2, 0) is 22.4 Å². The molecule has 0 unspecified atom stereocenters. The highest BCUT2D eigenvalue weighted by Gasteiger charge is 2.53. The molecule has 23 heavy (non-hydrogen) atoms. The Morgan fingerprint density at radius 3 is 2.22 bits per heavy atom. The van der Waals surface area contributed by atoms with Gasteiger partial charge in [0, 0.05) is 13.0 Å². The molecule has 3 rings (SSSR count). The Hall–Kier alpha value is -1.68. The second-order valence-corrected chi connectivity index (χ2v) is 6.81. The quantitative estimate of drug-likeness (QED) is 0.756. The number of imide groups is 1. The van der Waals surface area contributed by atoms with Crippen molar-refractivity contribution < 1.29 is 9.59 Å². The van der Waals surface area contributed by atoms with Gasteiger partial charge in [0.05, 0.1) is 5.41 Å². The van der Waals surface area contributed by atoms with Gasteiger partial charge < -0.3 is 4.90 Å². The van der Waals surface area contributed by atoms with Crippen LogP contribution < -0.4 is 0 Å². The Morgan fingerprint density at radius 1 is 1.04 bits per heavy atom. The molecule has 1 spiro atoms. The third-order valence-electron chi connectivity index (χ3n) is 5.42. The molecule has 0 radical (unpaired) electrons. The first-order valence-corrected chi connectivity index (χ1v) is 8.73. The highest BCUT2D eigenvalue weighted by atomic mass is 16.2. The summed E-state index contributed by atoms with van der Waals surface area (Å²) in [4.78, 5) is 29.2. The maximum absolute atomic E-state index is 12.9. The summed E-state index contributed by atoms with van der Waals surface area (Å²) in [6.07, 6.45) is 2.69. The number of likely N-dealkylation sites (tertiary alicyclic amines) is 1. The van der Waals surface area contributed by atoms with E-state index in [0.717, 1.165) is 38.9 Å². The lowest BCUT2D eigenvalue weighted by Gasteiger charge is -2.23. The van der Waals surface area contributed by atoms with Crippen molar-refractivity contribution in [2.75, 3.05) is 26.2 Å². The maximum Gasteiger partial charge on any atom is 0.236 e. The van der Waals surface area contributed by atoms with Gasteiger partial charge in [-0.05, 0) is 50.0 Å². The predicted molar refractivity (Wildman–Crippen MR) is 90.0 cm³/mol. The zero-order chi connectivity index (χ0) is 16.4. The lowest BCUT2D eigenvalue weighted by molar-refractivity contribution is -0.141. The summed E-state index contributed by atoms with van der Waals surface area (Å²) < 4.78 is 0. The minimum Gasteiger partial charge on any atom is -0.304 e. The number of amides is 2. The molecule has 0 aromatic heterocycles. The smallest absolute Gasteiger partial charge is 0.236 e. The third kappa shape index (κ3) is 2.92. The Bertz CT molecular complexity index is 582. The number of carbonyl (C=O) groups excluding carboxylic acids is 2. The molecule has 2 amide bonds. The molecule has 1 aromatic carbocycles. The highest BCUT2D eigenvalue weighted by Crippen LogP contribution is 2.45. The second kappa shape index (κ2) is 6.44. The lowest BCUT2D eigenvalue weighted by Crippen LogP contribution is -2.38. The van der Waals surface area contributed by atoms with Gasteiger partial charge in [0.25, 0.3) is 0 Å². The Kier molecular flexibility index (Phi) is 4.53. The fourth-order valence-corrected chi connectivity index (χ4v) is 4.05. The number of hydrogen-bond donors (Lipinski definition) is 0. The number of carbonyl (C=O) groups is 2. The van der Waals surface area contributed by atoms with Crippen molar-refractivity contribution in [2.45, 2.75) is 39.5 Å². The van der Waals surface area contributed by atoms with Gasteiger partial charge in [-0.3, -0.25) is 14.5 Å². The number of benzene rings is 1. The number of hydrogen-bond acceptors (Lipinski definition) is 3. The van der Waals surface area contributed by atoms with Crippen LogP contribution in [0.5, 0.6) is 0 Å². The maximum atomic E-state index is 12.9. The Balaban J connectivity index is 1.65. The van der Waals surface area contributed by atoms with E-state index >= 15 is 0 Å². The van der Waals surface area contributed by atoms with E-state index in [9.17, 15) is 9.59 Å². The van der Waals surface area contributed by atoms with Crippen molar-refractivity contribution in [2.24, 2.45) is 5.41 Å². The van der Waals surface area contributed by atoms with E-state index in [0.29, 0.717) is 13.0 Å². The summed E-state index contributed by atoms with van der Waals surface area (Å²) in [5, 5.41) is 0. The molecule has 4 heteroatoms. The fourth-order valence-electron chi connectivity index (χ4n) is 4.05. The molecule has 4 nitrogen and oxygen atoms in total. The van der Waals surface area contributed by atoms with Gasteiger partial charge >= 0.3 is 0 Å². The summed E-state index contributed by atoms with van der Waals surface area (Å²) in [5.74, 6) is 0.0700. The topological polar surface area (TPSA) is 40.6 Å². The highest BCUT2D eigenvalue weighted by molar-refractivity contribution is 6.06. The van der Waals surface area contributed by atoms with E-state index < -0.39 is 5.41 Å². The molecular formula is C19H26N2O2. The predicted octanol–water partition coefficient (Wildman–Crippen LogP) is 2.26. The van der Waals surface area contributed by atoms with Crippen molar-refractivity contribution in [1.29, 1.82) is 0 Å². The average Bonchev–Trinajstić information content (AvgIpc) is 3.03. The van der Waals surface area contributed by atoms with Gasteiger partial charge in [0.2, 0.25) is 11.8 Å². The summed E-state index contributed by atoms with van der Waals surface area (Å²) in [6, 6.07) is 8.21. The molecule has 0 bridgehead atoms. The van der Waals surface area contributed by atoms with Gasteiger partial charge in [-0.1, -0.05) is 38.1 Å². The second-order valence-electron chi connectivity index (χ2n) is 6.81. The molecule has 1 aliphatic carbocycles. The fraction of sp³-hybridized carbons (Fsp3) is 0.579. The molecule has 1 fully saturated rings. The van der Waals surface area contributed by atoms with E-state index in [-0.39, 0.29) is 11.8 Å². The first kappa shape index (κ1) is 16.2. The van der Waals surface area contributed by atoms with E-state index in [1.54, 1.807) is 0 Å². The molecule has 0 N–H and O–H groups in total. The van der Waals surface area contributed by atoms with Crippen molar-refractivity contribution in [3.63, 3.8) is 0 Å². The number of nitrogens with zero attached hydrogens (tertiary/aromatic N) is 2. The van der Waals surface area contributed by atoms with Crippen LogP contribution in [0.3, 0.4) is 0 Å². The molecular weight excluding hydrogens is 288 g/mol. The first-order chi connectivity index (χ1) is 11.1. The Labute approximate surface area is 138 Å². The largest absolute Gasteiger partial charge is 0.304 e. The van der Waals surface area contributed by atoms with Gasteiger partial charge in [0.15, 0.2) is 0 Å². The summed E-state index contributed by atoms with van der Waals surface area (Å²) in [5.41, 5.74) is 1.98. The number of rotatable bonds is 6. The van der Waals surface area contributed by atoms with Gasteiger partial charge in [-0.2, -0.15) is 0 Å². The molecule has 0 saturated carbocycles. The van der Waals surface area contributed by atoms with E-state index in [1.165, 1.54) is 16.0 Å². The van der Waals surface area contributed by atoms with Crippen molar-refractivity contribution in [1.82, 2.24) is 9.80 Å². The van der Waals surface area contributed by atoms with Crippen molar-refractivity contribution in [3.8, 4) is 0 Å². The summed E-state index contributed by atoms with van der Waals surface area (Å²) in [6.45, 7) is 7.81. The van der Waals surface area contributed by atoms with Crippen molar-refractivity contribution in [3.05, 3.63) is 35.4 Å². The van der Waals surface area contributed by atoms with Crippen LogP contribution >= 0.6 is 0 Å². The summed E-state index contributed by atoms with van der Waals surface area (Å²) >= 11 is 0. The van der Waals surface area contributed by atoms with Crippen LogP contribution in [0.1, 0.15) is 37.8 Å². The van der Waals surface area contributed by atoms with Crippen LogP contribution in [-0.4, -0.2) is 47.8 Å². The molecule has 124 valence electrons. The Morgan fingerprint density at radius 2 is 1.65 bits per heavy atom. The molecule has 2 aliphatic rings. The van der Waals surface area contributed by atoms with Crippen LogP contribution in [0.2, 0.25) is 0 Å². The minimum atomic E-state index is -0.490. The molecule has 1 aliphatic heterocycles. The SMILES string of the molecule is CCN(CC)CCCN1C(=O)CC2(Cc3ccccc3C2)C1=O. The molecule has 1 heterocycles. The third-order valence-corrected chi connectivity index (χ3v) is 5.42. The number of fused-ring (bicyclic) bond motifs is 1. The van der Waals surface area contributed by atoms with Crippen molar-refractivity contribution >= 4 is 11.8 Å². The molecule has 1 aromatic rings. The standard InChI is InChI=1S/C19H26N2O2/c1-3-20(4-2)10-7-11-21-17(22)14-19(18(21)23)12-15-8-5-6-9-16(15)13-19/h5-6,8-9H,3-4,7,10-14H2,1-2H3. The normalized spacial score (nSPS) is 19.2. The summed E-state index contributed by atoms with van der Waals surface area (Å²) in [7, 11) is 0. The van der Waals surface area contributed by atoms with Gasteiger partial charge in [0.1, 0.15) is 0 Å². The van der Waals surface area contributed by atoms with Gasteiger partial charge in [-0.15, -0.1) is 0 Å². The monoisotopic (exact) mass is 314 g/mol. The van der Waals surface area contributed by atoms with Crippen LogP contribution in [0.25, 0.3) is 0 Å². The molecule has 1 saturated heterocycles.